The van der Waals surface area contributed by atoms with Crippen molar-refractivity contribution in [1.82, 2.24) is 20.2 Å². The molecule has 1 saturated heterocycles. The molecule has 192 valence electrons. The molecule has 5 rings (SSSR count). The van der Waals surface area contributed by atoms with E-state index in [9.17, 15) is 13.2 Å². The fourth-order valence-electron chi connectivity index (χ4n) is 4.71. The number of rotatable bonds is 4. The molecule has 3 aliphatic rings. The Morgan fingerprint density at radius 1 is 1.14 bits per heavy atom. The minimum Gasteiger partial charge on any atom is -0.475 e. The fraction of sp³-hybridized carbons (Fsp3) is 0.417. The summed E-state index contributed by atoms with van der Waals surface area (Å²) in [5, 5.41) is 7.24. The minimum atomic E-state index is -3.57. The predicted octanol–water partition coefficient (Wildman–Crippen LogP) is 4.88. The number of hydrogen-bond acceptors (Lipinski definition) is 6. The zero-order valence-electron chi connectivity index (χ0n) is 19.3. The first-order chi connectivity index (χ1) is 17.2. The molecule has 2 aromatic rings. The molecule has 1 atom stereocenters. The minimum absolute atomic E-state index is 0.0472. The van der Waals surface area contributed by atoms with Crippen LogP contribution >= 0.6 is 34.8 Å². The van der Waals surface area contributed by atoms with E-state index in [2.05, 4.69) is 10.5 Å². The van der Waals surface area contributed by atoms with E-state index in [1.807, 2.05) is 5.01 Å². The maximum absolute atomic E-state index is 13.4. The standard InChI is InChI=1S/C24H25Cl3N4O4S/c25-16-5-7-20(19(26)12-16)31-23-15(11-17-6-8-21(27)35-17)13-36(33,34)14-18(23)22(28-31)24(32)29-30-9-3-1-2-4-10-30/h5-7,11-12,21H,1-4,8-10,13-14H2,(H,29,32)/b15-11+. The third-order valence-electron chi connectivity index (χ3n) is 6.33. The molecule has 1 aromatic carbocycles. The Morgan fingerprint density at radius 2 is 1.89 bits per heavy atom. The Labute approximate surface area is 224 Å². The van der Waals surface area contributed by atoms with Crippen molar-refractivity contribution >= 4 is 56.1 Å². The Kier molecular flexibility index (Phi) is 7.38. The van der Waals surface area contributed by atoms with Gasteiger partial charge in [0.15, 0.2) is 21.1 Å². The van der Waals surface area contributed by atoms with E-state index in [1.54, 1.807) is 30.4 Å². The molecule has 1 amide bonds. The summed E-state index contributed by atoms with van der Waals surface area (Å²) in [6.07, 6.45) is 8.13. The monoisotopic (exact) mass is 570 g/mol. The van der Waals surface area contributed by atoms with E-state index in [0.717, 1.165) is 38.8 Å². The average Bonchev–Trinajstić information content (AvgIpc) is 3.27. The third kappa shape index (κ3) is 5.45. The fourth-order valence-corrected chi connectivity index (χ4v) is 6.90. The molecule has 1 N–H and O–H groups in total. The number of nitrogens with zero attached hydrogens (tertiary/aromatic N) is 3. The van der Waals surface area contributed by atoms with Crippen molar-refractivity contribution in [2.45, 2.75) is 43.4 Å². The molecule has 0 aliphatic carbocycles. The van der Waals surface area contributed by atoms with Gasteiger partial charge in [0.2, 0.25) is 0 Å². The number of nitrogens with one attached hydrogen (secondary N) is 1. The molecule has 0 radical (unpaired) electrons. The number of aromatic nitrogens is 2. The summed E-state index contributed by atoms with van der Waals surface area (Å²) in [5.74, 6) is -0.534. The van der Waals surface area contributed by atoms with Crippen LogP contribution in [0.4, 0.5) is 0 Å². The van der Waals surface area contributed by atoms with Crippen LogP contribution in [0.25, 0.3) is 11.3 Å². The number of benzene rings is 1. The maximum Gasteiger partial charge on any atom is 0.286 e. The second-order valence-corrected chi connectivity index (χ2v) is 12.5. The molecule has 4 heterocycles. The van der Waals surface area contributed by atoms with Crippen LogP contribution in [-0.4, -0.2) is 53.5 Å². The summed E-state index contributed by atoms with van der Waals surface area (Å²) in [4.78, 5) is 13.4. The summed E-state index contributed by atoms with van der Waals surface area (Å²) >= 11 is 18.7. The molecule has 3 aliphatic heterocycles. The largest absolute Gasteiger partial charge is 0.475 e. The molecule has 0 saturated carbocycles. The van der Waals surface area contributed by atoms with Gasteiger partial charge in [-0.05, 0) is 48.8 Å². The molecule has 1 aromatic heterocycles. The van der Waals surface area contributed by atoms with E-state index in [-0.39, 0.29) is 17.2 Å². The number of alkyl halides is 1. The first-order valence-electron chi connectivity index (χ1n) is 11.8. The highest BCUT2D eigenvalue weighted by Crippen LogP contribution is 2.37. The van der Waals surface area contributed by atoms with Crippen LogP contribution in [0.1, 0.15) is 53.8 Å². The SMILES string of the molecule is O=C(NN1CCCCCC1)c1nn(-c2ccc(Cl)cc2Cl)c2c1CS(=O)(=O)C/C2=C\C1=CCC(Cl)O1. The normalized spacial score (nSPS) is 23.0. The van der Waals surface area contributed by atoms with Crippen molar-refractivity contribution < 1.29 is 17.9 Å². The van der Waals surface area contributed by atoms with Gasteiger partial charge in [-0.3, -0.25) is 10.2 Å². The van der Waals surface area contributed by atoms with Gasteiger partial charge in [0.1, 0.15) is 5.76 Å². The number of amides is 1. The zero-order valence-corrected chi connectivity index (χ0v) is 22.4. The predicted molar refractivity (Wildman–Crippen MR) is 140 cm³/mol. The maximum atomic E-state index is 13.4. The van der Waals surface area contributed by atoms with Crippen LogP contribution in [0.15, 0.2) is 36.1 Å². The van der Waals surface area contributed by atoms with E-state index in [0.29, 0.717) is 44.7 Å². The second-order valence-electron chi connectivity index (χ2n) is 9.10. The lowest BCUT2D eigenvalue weighted by molar-refractivity contribution is 0.0787. The van der Waals surface area contributed by atoms with E-state index in [1.165, 1.54) is 4.68 Å². The highest BCUT2D eigenvalue weighted by Gasteiger charge is 2.36. The van der Waals surface area contributed by atoms with Gasteiger partial charge in [-0.15, -0.1) is 0 Å². The van der Waals surface area contributed by atoms with E-state index in [4.69, 9.17) is 39.5 Å². The van der Waals surface area contributed by atoms with Crippen LogP contribution in [0, 0.1) is 0 Å². The van der Waals surface area contributed by atoms with Crippen molar-refractivity contribution in [3.63, 3.8) is 0 Å². The molecular weight excluding hydrogens is 547 g/mol. The van der Waals surface area contributed by atoms with Crippen molar-refractivity contribution in [1.29, 1.82) is 0 Å². The van der Waals surface area contributed by atoms with Gasteiger partial charge in [0.05, 0.1) is 27.9 Å². The highest BCUT2D eigenvalue weighted by atomic mass is 35.5. The summed E-state index contributed by atoms with van der Waals surface area (Å²) in [6, 6.07) is 4.93. The van der Waals surface area contributed by atoms with Gasteiger partial charge in [-0.2, -0.15) is 5.10 Å². The quantitative estimate of drug-likeness (QED) is 0.526. The molecular formula is C24H25Cl3N4O4S. The van der Waals surface area contributed by atoms with Crippen LogP contribution in [0.2, 0.25) is 10.0 Å². The second kappa shape index (κ2) is 10.4. The molecule has 8 nitrogen and oxygen atoms in total. The number of carbonyl (C=O) groups excluding carboxylic acids is 1. The Morgan fingerprint density at radius 3 is 2.56 bits per heavy atom. The number of hydrogen-bond donors (Lipinski definition) is 1. The lowest BCUT2D eigenvalue weighted by atomic mass is 10.1. The first kappa shape index (κ1) is 25.6. The van der Waals surface area contributed by atoms with Crippen LogP contribution in [0.3, 0.4) is 0 Å². The summed E-state index contributed by atoms with van der Waals surface area (Å²) in [7, 11) is -3.57. The van der Waals surface area contributed by atoms with Crippen molar-refractivity contribution in [2.75, 3.05) is 18.8 Å². The number of hydrazine groups is 1. The molecule has 36 heavy (non-hydrogen) atoms. The van der Waals surface area contributed by atoms with Crippen molar-refractivity contribution in [3.05, 3.63) is 63.1 Å². The third-order valence-corrected chi connectivity index (χ3v) is 8.62. The van der Waals surface area contributed by atoms with Gasteiger partial charge in [0, 0.05) is 30.1 Å². The number of fused-ring (bicyclic) bond motifs is 1. The molecule has 1 unspecified atom stereocenters. The van der Waals surface area contributed by atoms with Gasteiger partial charge in [-0.25, -0.2) is 18.1 Å². The van der Waals surface area contributed by atoms with Crippen LogP contribution < -0.4 is 5.43 Å². The molecule has 0 bridgehead atoms. The Hall–Kier alpha value is -2.04. The Balaban J connectivity index is 1.64. The van der Waals surface area contributed by atoms with Gasteiger partial charge in [-0.1, -0.05) is 47.6 Å². The summed E-state index contributed by atoms with van der Waals surface area (Å²) < 4.78 is 33.1. The van der Waals surface area contributed by atoms with Gasteiger partial charge in [0.25, 0.3) is 5.91 Å². The number of sulfone groups is 1. The highest BCUT2D eigenvalue weighted by molar-refractivity contribution is 7.91. The number of carbonyl (C=O) groups is 1. The van der Waals surface area contributed by atoms with Gasteiger partial charge < -0.3 is 4.74 Å². The molecule has 0 spiro atoms. The number of ether oxygens (including phenoxy) is 1. The van der Waals surface area contributed by atoms with Crippen LogP contribution in [0.5, 0.6) is 0 Å². The average molecular weight is 572 g/mol. The smallest absolute Gasteiger partial charge is 0.286 e. The topological polar surface area (TPSA) is 93.5 Å². The van der Waals surface area contributed by atoms with Crippen molar-refractivity contribution in [3.8, 4) is 5.69 Å². The van der Waals surface area contributed by atoms with E-state index >= 15 is 0 Å². The zero-order chi connectivity index (χ0) is 25.4. The number of halogens is 3. The van der Waals surface area contributed by atoms with Crippen LogP contribution in [-0.2, 0) is 20.3 Å². The molecule has 12 heteroatoms. The van der Waals surface area contributed by atoms with Gasteiger partial charge >= 0.3 is 0 Å². The summed E-state index contributed by atoms with van der Waals surface area (Å²) in [6.45, 7) is 1.46. The van der Waals surface area contributed by atoms with E-state index < -0.39 is 21.3 Å². The molecule has 1 fully saturated rings. The lowest BCUT2D eigenvalue weighted by Crippen LogP contribution is -2.43. The summed E-state index contributed by atoms with van der Waals surface area (Å²) in [5.41, 5.74) is 4.21. The Bertz CT molecular complexity index is 1360. The van der Waals surface area contributed by atoms with Crippen molar-refractivity contribution in [2.24, 2.45) is 0 Å². The number of allylic oxidation sites excluding steroid dienone is 1. The first-order valence-corrected chi connectivity index (χ1v) is 14.8. The lowest BCUT2D eigenvalue weighted by Gasteiger charge is -2.21.